The number of nitrogens with zero attached hydrogens (tertiary/aromatic N) is 1. The van der Waals surface area contributed by atoms with E-state index < -0.39 is 5.92 Å². The molecule has 0 saturated carbocycles. The second-order valence-electron chi connectivity index (χ2n) is 6.25. The van der Waals surface area contributed by atoms with E-state index in [1.54, 1.807) is 23.1 Å². The fourth-order valence-corrected chi connectivity index (χ4v) is 2.84. The van der Waals surface area contributed by atoms with E-state index in [0.717, 1.165) is 16.8 Å². The maximum absolute atomic E-state index is 12.5. The summed E-state index contributed by atoms with van der Waals surface area (Å²) in [5, 5.41) is 12.6. The molecule has 1 saturated heterocycles. The number of aromatic hydroxyl groups is 1. The fourth-order valence-electron chi connectivity index (χ4n) is 2.84. The van der Waals surface area contributed by atoms with Crippen molar-refractivity contribution in [2.75, 3.05) is 16.8 Å². The highest BCUT2D eigenvalue weighted by Crippen LogP contribution is 2.28. The number of nitrogens with one attached hydrogen (secondary N) is 1. The summed E-state index contributed by atoms with van der Waals surface area (Å²) in [7, 11) is 0. The highest BCUT2D eigenvalue weighted by molar-refractivity contribution is 6.03. The molecule has 5 heteroatoms. The molecule has 0 bridgehead atoms. The number of anilines is 2. The van der Waals surface area contributed by atoms with E-state index >= 15 is 0 Å². The molecule has 2 N–H and O–H groups in total. The lowest BCUT2D eigenvalue weighted by atomic mass is 10.1. The summed E-state index contributed by atoms with van der Waals surface area (Å²) in [5.74, 6) is -0.723. The summed E-state index contributed by atoms with van der Waals surface area (Å²) in [6.45, 7) is 4.22. The maximum Gasteiger partial charge on any atom is 0.229 e. The average Bonchev–Trinajstić information content (AvgIpc) is 2.94. The molecule has 0 radical (unpaired) electrons. The van der Waals surface area contributed by atoms with E-state index in [4.69, 9.17) is 0 Å². The molecule has 1 atom stereocenters. The zero-order chi connectivity index (χ0) is 17.3. The van der Waals surface area contributed by atoms with Crippen LogP contribution in [0.1, 0.15) is 17.5 Å². The van der Waals surface area contributed by atoms with Crippen LogP contribution in [-0.4, -0.2) is 23.5 Å². The van der Waals surface area contributed by atoms with Crippen molar-refractivity contribution in [2.24, 2.45) is 5.92 Å². The molecule has 1 unspecified atom stereocenters. The van der Waals surface area contributed by atoms with Crippen LogP contribution < -0.4 is 10.2 Å². The van der Waals surface area contributed by atoms with Gasteiger partial charge in [0, 0.05) is 18.7 Å². The summed E-state index contributed by atoms with van der Waals surface area (Å²) >= 11 is 0. The number of carbonyl (C=O) groups is 2. The number of hydrogen-bond donors (Lipinski definition) is 2. The van der Waals surface area contributed by atoms with Crippen LogP contribution in [-0.2, 0) is 9.59 Å². The Hall–Kier alpha value is -2.82. The Labute approximate surface area is 140 Å². The number of aryl methyl sites for hydroxylation is 2. The van der Waals surface area contributed by atoms with Gasteiger partial charge in [0.15, 0.2) is 0 Å². The predicted molar refractivity (Wildman–Crippen MR) is 93.1 cm³/mol. The minimum atomic E-state index is -0.432. The van der Waals surface area contributed by atoms with Crippen LogP contribution >= 0.6 is 0 Å². The Balaban J connectivity index is 1.72. The average molecular weight is 324 g/mol. The van der Waals surface area contributed by atoms with Crippen molar-refractivity contribution < 1.29 is 14.7 Å². The molecule has 0 aliphatic carbocycles. The lowest BCUT2D eigenvalue weighted by molar-refractivity contribution is -0.122. The van der Waals surface area contributed by atoms with Crippen molar-refractivity contribution >= 4 is 23.2 Å². The van der Waals surface area contributed by atoms with Gasteiger partial charge in [-0.15, -0.1) is 0 Å². The molecule has 3 rings (SSSR count). The smallest absolute Gasteiger partial charge is 0.229 e. The van der Waals surface area contributed by atoms with Gasteiger partial charge in [-0.05, 0) is 43.7 Å². The van der Waals surface area contributed by atoms with Crippen molar-refractivity contribution in [2.45, 2.75) is 20.3 Å². The Morgan fingerprint density at radius 2 is 1.79 bits per heavy atom. The number of benzene rings is 2. The molecule has 124 valence electrons. The first kappa shape index (κ1) is 16.1. The molecule has 1 aliphatic rings. The monoisotopic (exact) mass is 324 g/mol. The topological polar surface area (TPSA) is 69.6 Å². The molecule has 1 fully saturated rings. The third-order valence-corrected chi connectivity index (χ3v) is 4.25. The van der Waals surface area contributed by atoms with Crippen molar-refractivity contribution in [3.8, 4) is 5.75 Å². The predicted octanol–water partition coefficient (Wildman–Crippen LogP) is 3.00. The first-order chi connectivity index (χ1) is 11.4. The van der Waals surface area contributed by atoms with E-state index in [9.17, 15) is 14.7 Å². The third kappa shape index (κ3) is 3.25. The maximum atomic E-state index is 12.5. The molecule has 0 aromatic heterocycles. The molecule has 2 amide bonds. The van der Waals surface area contributed by atoms with E-state index in [2.05, 4.69) is 5.32 Å². The Morgan fingerprint density at radius 1 is 1.12 bits per heavy atom. The van der Waals surface area contributed by atoms with Gasteiger partial charge >= 0.3 is 0 Å². The summed E-state index contributed by atoms with van der Waals surface area (Å²) in [6.07, 6.45) is 0.173. The van der Waals surface area contributed by atoms with Crippen LogP contribution in [0, 0.1) is 19.8 Å². The van der Waals surface area contributed by atoms with Crippen LogP contribution in [0.25, 0.3) is 0 Å². The van der Waals surface area contributed by atoms with Crippen molar-refractivity contribution in [3.63, 3.8) is 0 Å². The lowest BCUT2D eigenvalue weighted by Crippen LogP contribution is -2.28. The number of phenols is 1. The quantitative estimate of drug-likeness (QED) is 0.853. The molecule has 5 nitrogen and oxygen atoms in total. The van der Waals surface area contributed by atoms with E-state index in [-0.39, 0.29) is 24.0 Å². The van der Waals surface area contributed by atoms with Crippen molar-refractivity contribution in [1.82, 2.24) is 0 Å². The first-order valence-electron chi connectivity index (χ1n) is 7.91. The molecule has 2 aromatic carbocycles. The number of carbonyl (C=O) groups excluding carboxylic acids is 2. The van der Waals surface area contributed by atoms with Crippen LogP contribution in [0.3, 0.4) is 0 Å². The number of phenolic OH excluding ortho intramolecular Hbond substituents is 1. The van der Waals surface area contributed by atoms with Crippen LogP contribution in [0.4, 0.5) is 11.4 Å². The lowest BCUT2D eigenvalue weighted by Gasteiger charge is -2.17. The van der Waals surface area contributed by atoms with Gasteiger partial charge in [-0.3, -0.25) is 9.59 Å². The van der Waals surface area contributed by atoms with Gasteiger partial charge in [-0.2, -0.15) is 0 Å². The van der Waals surface area contributed by atoms with Crippen LogP contribution in [0.2, 0.25) is 0 Å². The summed E-state index contributed by atoms with van der Waals surface area (Å²) in [4.78, 5) is 26.3. The largest absolute Gasteiger partial charge is 0.506 e. The standard InChI is InChI=1S/C19H20N2O3/c1-12-3-6-15(7-4-12)21-11-14(10-18(21)23)19(24)20-16-9-13(2)5-8-17(16)22/h3-9,14,22H,10-11H2,1-2H3,(H,20,24). The first-order valence-corrected chi connectivity index (χ1v) is 7.91. The van der Waals surface area contributed by atoms with Gasteiger partial charge in [0.2, 0.25) is 11.8 Å². The van der Waals surface area contributed by atoms with E-state index in [1.807, 2.05) is 38.1 Å². The van der Waals surface area contributed by atoms with Gasteiger partial charge in [0.25, 0.3) is 0 Å². The fraction of sp³-hybridized carbons (Fsp3) is 0.263. The number of hydrogen-bond acceptors (Lipinski definition) is 3. The Bertz CT molecular complexity index is 784. The van der Waals surface area contributed by atoms with E-state index in [0.29, 0.717) is 12.2 Å². The molecule has 1 aliphatic heterocycles. The third-order valence-electron chi connectivity index (χ3n) is 4.25. The van der Waals surface area contributed by atoms with Crippen LogP contribution in [0.5, 0.6) is 5.75 Å². The van der Waals surface area contributed by atoms with Gasteiger partial charge in [-0.1, -0.05) is 23.8 Å². The Kier molecular flexibility index (Phi) is 4.25. The van der Waals surface area contributed by atoms with Crippen molar-refractivity contribution in [3.05, 3.63) is 53.6 Å². The second-order valence-corrected chi connectivity index (χ2v) is 6.25. The Morgan fingerprint density at radius 3 is 2.50 bits per heavy atom. The second kappa shape index (κ2) is 6.35. The summed E-state index contributed by atoms with van der Waals surface area (Å²) in [6, 6.07) is 12.7. The highest BCUT2D eigenvalue weighted by Gasteiger charge is 2.35. The van der Waals surface area contributed by atoms with Gasteiger partial charge in [0.1, 0.15) is 5.75 Å². The van der Waals surface area contributed by atoms with Gasteiger partial charge in [-0.25, -0.2) is 0 Å². The van der Waals surface area contributed by atoms with Gasteiger partial charge < -0.3 is 15.3 Å². The zero-order valence-corrected chi connectivity index (χ0v) is 13.7. The highest BCUT2D eigenvalue weighted by atomic mass is 16.3. The zero-order valence-electron chi connectivity index (χ0n) is 13.7. The number of rotatable bonds is 3. The molecular formula is C19H20N2O3. The summed E-state index contributed by atoms with van der Waals surface area (Å²) in [5.41, 5.74) is 3.24. The normalized spacial score (nSPS) is 17.2. The molecular weight excluding hydrogens is 304 g/mol. The van der Waals surface area contributed by atoms with Crippen molar-refractivity contribution in [1.29, 1.82) is 0 Å². The minimum Gasteiger partial charge on any atom is -0.506 e. The minimum absolute atomic E-state index is 0.0219. The van der Waals surface area contributed by atoms with E-state index in [1.165, 1.54) is 0 Å². The SMILES string of the molecule is Cc1ccc(N2CC(C(=O)Nc3cc(C)ccc3O)CC2=O)cc1. The molecule has 24 heavy (non-hydrogen) atoms. The molecule has 0 spiro atoms. The molecule has 2 aromatic rings. The number of amides is 2. The van der Waals surface area contributed by atoms with Crippen LogP contribution in [0.15, 0.2) is 42.5 Å². The summed E-state index contributed by atoms with van der Waals surface area (Å²) < 4.78 is 0. The molecule has 1 heterocycles. The van der Waals surface area contributed by atoms with Gasteiger partial charge in [0.05, 0.1) is 11.6 Å².